The van der Waals surface area contributed by atoms with Crippen LogP contribution in [0.25, 0.3) is 5.69 Å². The van der Waals surface area contributed by atoms with Gasteiger partial charge in [-0.25, -0.2) is 10.5 Å². The summed E-state index contributed by atoms with van der Waals surface area (Å²) in [4.78, 5) is 15.4. The normalized spacial score (nSPS) is 10.1. The van der Waals surface area contributed by atoms with Crippen molar-refractivity contribution in [2.75, 3.05) is 0 Å². The average molecular weight is 217 g/mol. The Morgan fingerprint density at radius 3 is 3.00 bits per heavy atom. The Morgan fingerprint density at radius 1 is 1.56 bits per heavy atom. The van der Waals surface area contributed by atoms with E-state index in [1.807, 2.05) is 6.07 Å². The van der Waals surface area contributed by atoms with E-state index in [0.717, 1.165) is 5.69 Å². The van der Waals surface area contributed by atoms with Crippen LogP contribution in [-0.4, -0.2) is 20.7 Å². The highest BCUT2D eigenvalue weighted by Gasteiger charge is 2.12. The van der Waals surface area contributed by atoms with Crippen LogP contribution >= 0.6 is 0 Å². The van der Waals surface area contributed by atoms with Crippen LogP contribution < -0.4 is 11.3 Å². The van der Waals surface area contributed by atoms with Gasteiger partial charge in [-0.15, -0.1) is 0 Å². The molecule has 16 heavy (non-hydrogen) atoms. The Balaban J connectivity index is 2.42. The van der Waals surface area contributed by atoms with E-state index < -0.39 is 0 Å². The molecule has 0 bridgehead atoms. The predicted octanol–water partition coefficient (Wildman–Crippen LogP) is 0.179. The van der Waals surface area contributed by atoms with Crippen molar-refractivity contribution in [1.29, 1.82) is 0 Å². The van der Waals surface area contributed by atoms with Crippen LogP contribution in [0, 0.1) is 6.92 Å². The molecule has 6 nitrogen and oxygen atoms in total. The Kier molecular flexibility index (Phi) is 2.65. The van der Waals surface area contributed by atoms with E-state index >= 15 is 0 Å². The quantitative estimate of drug-likeness (QED) is 0.427. The number of nitrogen functional groups attached to an aromatic ring is 1. The lowest BCUT2D eigenvalue weighted by atomic mass is 10.2. The number of nitrogens with two attached hydrogens (primary N) is 1. The van der Waals surface area contributed by atoms with E-state index in [4.69, 9.17) is 5.84 Å². The van der Waals surface area contributed by atoms with E-state index in [0.29, 0.717) is 11.3 Å². The molecule has 2 aromatic heterocycles. The summed E-state index contributed by atoms with van der Waals surface area (Å²) in [7, 11) is 0. The lowest BCUT2D eigenvalue weighted by Gasteiger charge is -1.98. The van der Waals surface area contributed by atoms with Gasteiger partial charge in [-0.1, -0.05) is 0 Å². The molecule has 0 aromatic carbocycles. The third kappa shape index (κ3) is 1.78. The Hall–Kier alpha value is -2.21. The number of nitrogens with zero attached hydrogens (tertiary/aromatic N) is 3. The van der Waals surface area contributed by atoms with Gasteiger partial charge in [0.25, 0.3) is 5.91 Å². The van der Waals surface area contributed by atoms with Crippen LogP contribution in [0.3, 0.4) is 0 Å². The zero-order chi connectivity index (χ0) is 11.5. The number of aryl methyl sites for hydroxylation is 1. The van der Waals surface area contributed by atoms with Gasteiger partial charge in [0.15, 0.2) is 0 Å². The summed E-state index contributed by atoms with van der Waals surface area (Å²) in [5, 5.41) is 4.21. The second kappa shape index (κ2) is 4.11. The number of nitrogens with one attached hydrogen (secondary N) is 1. The van der Waals surface area contributed by atoms with E-state index in [1.165, 1.54) is 0 Å². The number of hydrazine groups is 1. The fraction of sp³-hybridized carbons (Fsp3) is 0.100. The molecule has 82 valence electrons. The lowest BCUT2D eigenvalue weighted by molar-refractivity contribution is 0.0953. The molecule has 0 atom stereocenters. The van der Waals surface area contributed by atoms with Crippen LogP contribution in [0.1, 0.15) is 16.1 Å². The zero-order valence-corrected chi connectivity index (χ0v) is 8.71. The summed E-state index contributed by atoms with van der Waals surface area (Å²) in [5.41, 5.74) is 3.94. The second-order valence-electron chi connectivity index (χ2n) is 3.26. The van der Waals surface area contributed by atoms with E-state index in [9.17, 15) is 4.79 Å². The highest BCUT2D eigenvalue weighted by atomic mass is 16.2. The number of carbonyl (C=O) groups is 1. The molecule has 2 rings (SSSR count). The summed E-state index contributed by atoms with van der Waals surface area (Å²) in [6.07, 6.45) is 4.96. The summed E-state index contributed by atoms with van der Waals surface area (Å²) >= 11 is 0. The molecule has 2 aromatic rings. The minimum absolute atomic E-state index is 0.354. The summed E-state index contributed by atoms with van der Waals surface area (Å²) in [6.45, 7) is 1.75. The maximum atomic E-state index is 11.4. The molecule has 0 aliphatic rings. The van der Waals surface area contributed by atoms with Crippen LogP contribution in [0.2, 0.25) is 0 Å². The van der Waals surface area contributed by atoms with Crippen molar-refractivity contribution in [3.63, 3.8) is 0 Å². The van der Waals surface area contributed by atoms with Crippen molar-refractivity contribution in [3.05, 3.63) is 42.0 Å². The first-order valence-corrected chi connectivity index (χ1v) is 4.70. The summed E-state index contributed by atoms with van der Waals surface area (Å²) in [5.74, 6) is 4.72. The van der Waals surface area contributed by atoms with Gasteiger partial charge < -0.3 is 0 Å². The maximum Gasteiger partial charge on any atom is 0.268 e. The number of aromatic nitrogens is 3. The van der Waals surface area contributed by atoms with Gasteiger partial charge >= 0.3 is 0 Å². The predicted molar refractivity (Wildman–Crippen MR) is 57.7 cm³/mol. The Bertz CT molecular complexity index is 505. The van der Waals surface area contributed by atoms with Crippen molar-refractivity contribution in [3.8, 4) is 5.69 Å². The maximum absolute atomic E-state index is 11.4. The van der Waals surface area contributed by atoms with Gasteiger partial charge in [0.2, 0.25) is 0 Å². The van der Waals surface area contributed by atoms with E-state index in [-0.39, 0.29) is 5.91 Å². The molecule has 0 spiro atoms. The molecule has 0 fully saturated rings. The SMILES string of the molecule is Cc1nn(-c2cccnc2)cc1C(=O)NN. The molecule has 0 aliphatic carbocycles. The first kappa shape index (κ1) is 10.3. The molecule has 6 heteroatoms. The minimum atomic E-state index is -0.354. The number of rotatable bonds is 2. The Labute approximate surface area is 92.1 Å². The minimum Gasteiger partial charge on any atom is -0.290 e. The molecule has 0 aliphatic heterocycles. The topological polar surface area (TPSA) is 85.8 Å². The fourth-order valence-corrected chi connectivity index (χ4v) is 1.38. The third-order valence-electron chi connectivity index (χ3n) is 2.19. The summed E-state index contributed by atoms with van der Waals surface area (Å²) in [6, 6.07) is 3.65. The van der Waals surface area contributed by atoms with E-state index in [2.05, 4.69) is 15.5 Å². The Morgan fingerprint density at radius 2 is 2.38 bits per heavy atom. The van der Waals surface area contributed by atoms with Gasteiger partial charge in [-0.05, 0) is 19.1 Å². The molecule has 0 radical (unpaired) electrons. The number of pyridine rings is 1. The zero-order valence-electron chi connectivity index (χ0n) is 8.71. The smallest absolute Gasteiger partial charge is 0.268 e. The van der Waals surface area contributed by atoms with Gasteiger partial charge in [0, 0.05) is 12.4 Å². The average Bonchev–Trinajstić information content (AvgIpc) is 2.71. The van der Waals surface area contributed by atoms with Gasteiger partial charge in [-0.3, -0.25) is 15.2 Å². The van der Waals surface area contributed by atoms with Crippen molar-refractivity contribution in [2.24, 2.45) is 5.84 Å². The fourth-order valence-electron chi connectivity index (χ4n) is 1.38. The first-order chi connectivity index (χ1) is 7.72. The molecular formula is C10H11N5O. The van der Waals surface area contributed by atoms with Crippen LogP contribution in [0.15, 0.2) is 30.7 Å². The standard InChI is InChI=1S/C10H11N5O/c1-7-9(10(16)13-11)6-15(14-7)8-3-2-4-12-5-8/h2-6H,11H2,1H3,(H,13,16). The molecule has 0 saturated heterocycles. The number of hydrogen-bond donors (Lipinski definition) is 2. The molecule has 0 unspecified atom stereocenters. The van der Waals surface area contributed by atoms with Crippen LogP contribution in [0.4, 0.5) is 0 Å². The largest absolute Gasteiger partial charge is 0.290 e. The number of carbonyl (C=O) groups excluding carboxylic acids is 1. The summed E-state index contributed by atoms with van der Waals surface area (Å²) < 4.78 is 1.59. The van der Waals surface area contributed by atoms with Gasteiger partial charge in [-0.2, -0.15) is 5.10 Å². The first-order valence-electron chi connectivity index (χ1n) is 4.70. The van der Waals surface area contributed by atoms with Crippen molar-refractivity contribution in [1.82, 2.24) is 20.2 Å². The molecule has 1 amide bonds. The van der Waals surface area contributed by atoms with E-state index in [1.54, 1.807) is 36.3 Å². The molecule has 3 N–H and O–H groups in total. The van der Waals surface area contributed by atoms with Crippen molar-refractivity contribution >= 4 is 5.91 Å². The van der Waals surface area contributed by atoms with Crippen LogP contribution in [-0.2, 0) is 0 Å². The monoisotopic (exact) mass is 217 g/mol. The lowest BCUT2D eigenvalue weighted by Crippen LogP contribution is -2.30. The van der Waals surface area contributed by atoms with Gasteiger partial charge in [0.05, 0.1) is 23.1 Å². The molecular weight excluding hydrogens is 206 g/mol. The number of hydrogen-bond acceptors (Lipinski definition) is 4. The second-order valence-corrected chi connectivity index (χ2v) is 3.26. The third-order valence-corrected chi connectivity index (χ3v) is 2.19. The molecule has 0 saturated carbocycles. The highest BCUT2D eigenvalue weighted by molar-refractivity contribution is 5.94. The highest BCUT2D eigenvalue weighted by Crippen LogP contribution is 2.10. The molecule has 2 heterocycles. The van der Waals surface area contributed by atoms with Crippen LogP contribution in [0.5, 0.6) is 0 Å². The van der Waals surface area contributed by atoms with Gasteiger partial charge in [0.1, 0.15) is 0 Å². The van der Waals surface area contributed by atoms with Crippen molar-refractivity contribution < 1.29 is 4.79 Å². The number of amides is 1. The van der Waals surface area contributed by atoms with Crippen molar-refractivity contribution in [2.45, 2.75) is 6.92 Å².